The van der Waals surface area contributed by atoms with E-state index in [4.69, 9.17) is 9.47 Å². The third-order valence-electron chi connectivity index (χ3n) is 3.90. The van der Waals surface area contributed by atoms with Gasteiger partial charge in [-0.2, -0.15) is 0 Å². The van der Waals surface area contributed by atoms with Crippen LogP contribution in [0.25, 0.3) is 10.2 Å². The molecule has 0 spiro atoms. The van der Waals surface area contributed by atoms with Crippen LogP contribution in [-0.4, -0.2) is 21.6 Å². The average Bonchev–Trinajstić information content (AvgIpc) is 3.07. The SMILES string of the molecule is O=[N+]([O-])c1cc2c(c(CSc3nc4ccc([N+](=O)[O-])cc4s3)c1)OCOC2. The summed E-state index contributed by atoms with van der Waals surface area (Å²) in [5.74, 6) is 1.03. The number of hydrogen-bond donors (Lipinski definition) is 0. The van der Waals surface area contributed by atoms with Crippen molar-refractivity contribution >= 4 is 44.7 Å². The molecule has 3 aromatic rings. The third kappa shape index (κ3) is 3.56. The molecule has 0 aliphatic carbocycles. The van der Waals surface area contributed by atoms with E-state index < -0.39 is 9.85 Å². The maximum atomic E-state index is 11.2. The number of aromatic nitrogens is 1. The molecule has 0 N–H and O–H groups in total. The van der Waals surface area contributed by atoms with Gasteiger partial charge in [0.15, 0.2) is 11.1 Å². The molecular formula is C16H11N3O6S2. The molecule has 0 unspecified atom stereocenters. The highest BCUT2D eigenvalue weighted by atomic mass is 32.2. The van der Waals surface area contributed by atoms with Gasteiger partial charge < -0.3 is 9.47 Å². The van der Waals surface area contributed by atoms with E-state index >= 15 is 0 Å². The van der Waals surface area contributed by atoms with E-state index in [1.54, 1.807) is 6.07 Å². The fourth-order valence-corrected chi connectivity index (χ4v) is 4.77. The Balaban J connectivity index is 1.61. The van der Waals surface area contributed by atoms with E-state index in [1.807, 2.05) is 0 Å². The van der Waals surface area contributed by atoms with Crippen LogP contribution in [0.3, 0.4) is 0 Å². The fourth-order valence-electron chi connectivity index (χ4n) is 2.70. The van der Waals surface area contributed by atoms with Crippen molar-refractivity contribution < 1.29 is 19.3 Å². The van der Waals surface area contributed by atoms with E-state index in [0.29, 0.717) is 28.1 Å². The Kier molecular flexibility index (Phi) is 4.64. The molecule has 138 valence electrons. The molecule has 2 aromatic carbocycles. The standard InChI is InChI=1S/C16H11N3O6S2/c20-18(21)11-1-2-13-14(5-11)27-16(17-13)26-7-10-4-12(19(22)23)3-9-6-24-8-25-15(9)10/h1-5H,6-8H2. The van der Waals surface area contributed by atoms with Crippen molar-refractivity contribution in [3.63, 3.8) is 0 Å². The second-order valence-corrected chi connectivity index (χ2v) is 7.89. The van der Waals surface area contributed by atoms with Gasteiger partial charge in [0, 0.05) is 41.1 Å². The zero-order valence-corrected chi connectivity index (χ0v) is 15.2. The van der Waals surface area contributed by atoms with Crippen molar-refractivity contribution in [3.8, 4) is 5.75 Å². The van der Waals surface area contributed by atoms with Crippen LogP contribution in [0.4, 0.5) is 11.4 Å². The van der Waals surface area contributed by atoms with Crippen molar-refractivity contribution in [3.05, 3.63) is 61.7 Å². The molecule has 0 bridgehead atoms. The van der Waals surface area contributed by atoms with Gasteiger partial charge in [0.1, 0.15) is 5.75 Å². The quantitative estimate of drug-likeness (QED) is 0.351. The van der Waals surface area contributed by atoms with Crippen molar-refractivity contribution in [1.82, 2.24) is 4.98 Å². The first-order valence-corrected chi connectivity index (χ1v) is 9.50. The Morgan fingerprint density at radius 1 is 1.15 bits per heavy atom. The zero-order valence-electron chi connectivity index (χ0n) is 13.6. The molecule has 9 nitrogen and oxygen atoms in total. The van der Waals surface area contributed by atoms with Crippen LogP contribution in [0.1, 0.15) is 11.1 Å². The minimum atomic E-state index is -0.445. The summed E-state index contributed by atoms with van der Waals surface area (Å²) in [5, 5.41) is 22.1. The molecule has 11 heteroatoms. The number of thioether (sulfide) groups is 1. The molecule has 1 aromatic heterocycles. The molecule has 4 rings (SSSR count). The first kappa shape index (κ1) is 17.6. The number of nitro groups is 2. The summed E-state index contributed by atoms with van der Waals surface area (Å²) in [7, 11) is 0. The van der Waals surface area contributed by atoms with Gasteiger partial charge in [-0.05, 0) is 6.07 Å². The molecule has 0 saturated carbocycles. The van der Waals surface area contributed by atoms with Gasteiger partial charge in [-0.1, -0.05) is 11.8 Å². The second kappa shape index (κ2) is 7.10. The second-order valence-electron chi connectivity index (χ2n) is 5.64. The molecule has 0 fully saturated rings. The maximum Gasteiger partial charge on any atom is 0.270 e. The van der Waals surface area contributed by atoms with Crippen molar-refractivity contribution in [2.24, 2.45) is 0 Å². The van der Waals surface area contributed by atoms with E-state index in [0.717, 1.165) is 9.04 Å². The molecule has 27 heavy (non-hydrogen) atoms. The number of fused-ring (bicyclic) bond motifs is 2. The minimum absolute atomic E-state index is 0.0154. The van der Waals surface area contributed by atoms with Gasteiger partial charge in [0.25, 0.3) is 11.4 Å². The minimum Gasteiger partial charge on any atom is -0.467 e. The summed E-state index contributed by atoms with van der Waals surface area (Å²) in [6.07, 6.45) is 0. The number of benzene rings is 2. The molecule has 2 heterocycles. The van der Waals surface area contributed by atoms with E-state index in [9.17, 15) is 20.2 Å². The van der Waals surface area contributed by atoms with Crippen molar-refractivity contribution in [2.45, 2.75) is 16.7 Å². The zero-order chi connectivity index (χ0) is 19.0. The lowest BCUT2D eigenvalue weighted by molar-refractivity contribution is -0.385. The first-order valence-electron chi connectivity index (χ1n) is 7.70. The van der Waals surface area contributed by atoms with Gasteiger partial charge in [-0.15, -0.1) is 11.3 Å². The normalized spacial score (nSPS) is 13.2. The molecular weight excluding hydrogens is 394 g/mol. The topological polar surface area (TPSA) is 118 Å². The highest BCUT2D eigenvalue weighted by Gasteiger charge is 2.21. The Hall–Kier alpha value is -2.76. The molecule has 0 amide bonds. The van der Waals surface area contributed by atoms with E-state index in [2.05, 4.69) is 4.98 Å². The van der Waals surface area contributed by atoms with E-state index in [1.165, 1.54) is 47.4 Å². The summed E-state index contributed by atoms with van der Waals surface area (Å²) in [5.41, 5.74) is 2.02. The Labute approximate surface area is 160 Å². The van der Waals surface area contributed by atoms with Crippen LogP contribution in [0, 0.1) is 20.2 Å². The lowest BCUT2D eigenvalue weighted by atomic mass is 10.1. The van der Waals surface area contributed by atoms with Gasteiger partial charge in [-0.3, -0.25) is 20.2 Å². The predicted molar refractivity (Wildman–Crippen MR) is 99.2 cm³/mol. The van der Waals surface area contributed by atoms with Gasteiger partial charge in [0.2, 0.25) is 0 Å². The average molecular weight is 405 g/mol. The summed E-state index contributed by atoms with van der Waals surface area (Å²) in [6, 6.07) is 7.48. The molecule has 0 atom stereocenters. The maximum absolute atomic E-state index is 11.2. The van der Waals surface area contributed by atoms with Crippen LogP contribution in [-0.2, 0) is 17.1 Å². The summed E-state index contributed by atoms with van der Waals surface area (Å²) < 4.78 is 12.2. The summed E-state index contributed by atoms with van der Waals surface area (Å²) in [4.78, 5) is 25.6. The lowest BCUT2D eigenvalue weighted by Crippen LogP contribution is -2.13. The Bertz CT molecular complexity index is 1070. The highest BCUT2D eigenvalue weighted by Crippen LogP contribution is 2.38. The lowest BCUT2D eigenvalue weighted by Gasteiger charge is -2.20. The van der Waals surface area contributed by atoms with Crippen molar-refractivity contribution in [1.29, 1.82) is 0 Å². The fraction of sp³-hybridized carbons (Fsp3) is 0.188. The molecule has 1 aliphatic heterocycles. The van der Waals surface area contributed by atoms with Crippen molar-refractivity contribution in [2.75, 3.05) is 6.79 Å². The number of nitrogens with zero attached hydrogens (tertiary/aromatic N) is 3. The van der Waals surface area contributed by atoms with Crippen LogP contribution in [0.5, 0.6) is 5.75 Å². The number of rotatable bonds is 5. The monoisotopic (exact) mass is 405 g/mol. The van der Waals surface area contributed by atoms with Gasteiger partial charge in [-0.25, -0.2) is 4.98 Å². The number of nitro benzene ring substituents is 2. The first-order chi connectivity index (χ1) is 13.0. The smallest absolute Gasteiger partial charge is 0.270 e. The highest BCUT2D eigenvalue weighted by molar-refractivity contribution is 8.00. The number of thiazole rings is 1. The van der Waals surface area contributed by atoms with Gasteiger partial charge >= 0.3 is 0 Å². The van der Waals surface area contributed by atoms with Crippen LogP contribution < -0.4 is 4.74 Å². The number of hydrogen-bond acceptors (Lipinski definition) is 9. The predicted octanol–water partition coefficient (Wildman–Crippen LogP) is 4.27. The summed E-state index contributed by atoms with van der Waals surface area (Å²) in [6.45, 7) is 0.368. The van der Waals surface area contributed by atoms with Crippen LogP contribution >= 0.6 is 23.1 Å². The molecule has 0 saturated heterocycles. The Morgan fingerprint density at radius 2 is 1.96 bits per heavy atom. The largest absolute Gasteiger partial charge is 0.467 e. The molecule has 0 radical (unpaired) electrons. The summed E-state index contributed by atoms with van der Waals surface area (Å²) >= 11 is 2.74. The number of ether oxygens (including phenoxy) is 2. The van der Waals surface area contributed by atoms with Gasteiger partial charge in [0.05, 0.1) is 26.7 Å². The number of non-ortho nitro benzene ring substituents is 2. The molecule has 1 aliphatic rings. The Morgan fingerprint density at radius 3 is 2.74 bits per heavy atom. The van der Waals surface area contributed by atoms with E-state index in [-0.39, 0.29) is 24.8 Å². The van der Waals surface area contributed by atoms with Crippen LogP contribution in [0.2, 0.25) is 0 Å². The van der Waals surface area contributed by atoms with Crippen LogP contribution in [0.15, 0.2) is 34.7 Å². The third-order valence-corrected chi connectivity index (χ3v) is 6.11.